The number of carbonyl (C=O) groups is 2. The fourth-order valence-corrected chi connectivity index (χ4v) is 1.93. The van der Waals surface area contributed by atoms with E-state index in [2.05, 4.69) is 5.32 Å². The highest BCUT2D eigenvalue weighted by molar-refractivity contribution is 5.83. The molecular formula is C16H23NO4. The Bertz CT molecular complexity index is 485. The Morgan fingerprint density at radius 3 is 2.52 bits per heavy atom. The highest BCUT2D eigenvalue weighted by Crippen LogP contribution is 2.16. The number of hydrogen-bond acceptors (Lipinski definition) is 3. The Morgan fingerprint density at radius 1 is 1.29 bits per heavy atom. The van der Waals surface area contributed by atoms with Gasteiger partial charge in [-0.15, -0.1) is 0 Å². The van der Waals surface area contributed by atoms with Crippen LogP contribution in [-0.4, -0.2) is 29.6 Å². The van der Waals surface area contributed by atoms with Crippen LogP contribution >= 0.6 is 0 Å². The van der Waals surface area contributed by atoms with Crippen LogP contribution in [0.4, 0.5) is 0 Å². The highest BCUT2D eigenvalue weighted by Gasteiger charge is 2.20. The molecule has 0 spiro atoms. The number of carboxylic acid groups (broad SMARTS) is 1. The van der Waals surface area contributed by atoms with Gasteiger partial charge in [0.15, 0.2) is 0 Å². The van der Waals surface area contributed by atoms with Crippen molar-refractivity contribution in [2.45, 2.75) is 39.7 Å². The number of nitrogens with one attached hydrogen (secondary N) is 1. The van der Waals surface area contributed by atoms with Crippen molar-refractivity contribution in [2.24, 2.45) is 5.92 Å². The Hall–Kier alpha value is -2.04. The lowest BCUT2D eigenvalue weighted by atomic mass is 10.0. The predicted molar refractivity (Wildman–Crippen MR) is 80.3 cm³/mol. The maximum atomic E-state index is 11.8. The van der Waals surface area contributed by atoms with E-state index in [0.717, 1.165) is 11.3 Å². The molecule has 5 nitrogen and oxygen atoms in total. The summed E-state index contributed by atoms with van der Waals surface area (Å²) in [5.41, 5.74) is 1.00. The molecule has 0 unspecified atom stereocenters. The number of ether oxygens (including phenoxy) is 1. The fourth-order valence-electron chi connectivity index (χ4n) is 1.93. The molecule has 1 aromatic carbocycles. The maximum Gasteiger partial charge on any atom is 0.326 e. The number of carbonyl (C=O) groups excluding carboxylic acids is 1. The largest absolute Gasteiger partial charge is 0.493 e. The van der Waals surface area contributed by atoms with Crippen molar-refractivity contribution in [3.8, 4) is 5.75 Å². The second kappa shape index (κ2) is 8.29. The molecule has 1 amide bonds. The van der Waals surface area contributed by atoms with Gasteiger partial charge in [-0.2, -0.15) is 0 Å². The molecule has 0 heterocycles. The summed E-state index contributed by atoms with van der Waals surface area (Å²) in [6.07, 6.45) is 0.552. The third-order valence-corrected chi connectivity index (χ3v) is 3.02. The van der Waals surface area contributed by atoms with Crippen molar-refractivity contribution < 1.29 is 19.4 Å². The Morgan fingerprint density at radius 2 is 1.95 bits per heavy atom. The van der Waals surface area contributed by atoms with E-state index in [-0.39, 0.29) is 24.9 Å². The van der Waals surface area contributed by atoms with Crippen molar-refractivity contribution in [3.05, 3.63) is 29.8 Å². The van der Waals surface area contributed by atoms with E-state index in [0.29, 0.717) is 6.42 Å². The first-order valence-corrected chi connectivity index (χ1v) is 7.10. The minimum atomic E-state index is -1.00. The molecular weight excluding hydrogens is 270 g/mol. The van der Waals surface area contributed by atoms with Gasteiger partial charge in [0.25, 0.3) is 0 Å². The van der Waals surface area contributed by atoms with Crippen LogP contribution in [0.3, 0.4) is 0 Å². The Labute approximate surface area is 125 Å². The molecule has 1 atom stereocenters. The summed E-state index contributed by atoms with van der Waals surface area (Å²) in [5.74, 6) is -0.370. The zero-order valence-electron chi connectivity index (χ0n) is 12.8. The zero-order chi connectivity index (χ0) is 15.8. The van der Waals surface area contributed by atoms with Crippen LogP contribution < -0.4 is 10.1 Å². The molecule has 0 saturated carbocycles. The van der Waals surface area contributed by atoms with Crippen molar-refractivity contribution in [3.63, 3.8) is 0 Å². The average molecular weight is 293 g/mol. The molecule has 0 bridgehead atoms. The summed E-state index contributed by atoms with van der Waals surface area (Å²) in [6, 6.07) is 6.71. The molecule has 1 aromatic rings. The Kier molecular flexibility index (Phi) is 6.72. The first kappa shape index (κ1) is 17.0. The van der Waals surface area contributed by atoms with E-state index >= 15 is 0 Å². The van der Waals surface area contributed by atoms with Crippen LogP contribution in [0.1, 0.15) is 32.3 Å². The number of rotatable bonds is 8. The van der Waals surface area contributed by atoms with Crippen LogP contribution in [0, 0.1) is 12.8 Å². The molecule has 0 aliphatic rings. The number of aryl methyl sites for hydroxylation is 1. The molecule has 116 valence electrons. The van der Waals surface area contributed by atoms with Gasteiger partial charge in [-0.1, -0.05) is 32.0 Å². The first-order chi connectivity index (χ1) is 9.90. The Balaban J connectivity index is 2.39. The van der Waals surface area contributed by atoms with Crippen LogP contribution in [0.25, 0.3) is 0 Å². The molecule has 0 aliphatic carbocycles. The highest BCUT2D eigenvalue weighted by atomic mass is 16.5. The second-order valence-corrected chi connectivity index (χ2v) is 5.45. The summed E-state index contributed by atoms with van der Waals surface area (Å²) in [6.45, 7) is 6.00. The van der Waals surface area contributed by atoms with E-state index < -0.39 is 12.0 Å². The van der Waals surface area contributed by atoms with Crippen LogP contribution in [0.2, 0.25) is 0 Å². The van der Waals surface area contributed by atoms with E-state index in [1.807, 2.05) is 45.0 Å². The number of amides is 1. The SMILES string of the molecule is Cc1ccccc1OCCC(=O)N[C@H](CC(C)C)C(=O)O. The third-order valence-electron chi connectivity index (χ3n) is 3.02. The molecule has 2 N–H and O–H groups in total. The van der Waals surface area contributed by atoms with Crippen molar-refractivity contribution in [1.29, 1.82) is 0 Å². The molecule has 0 aliphatic heterocycles. The van der Waals surface area contributed by atoms with E-state index in [1.54, 1.807) is 0 Å². The van der Waals surface area contributed by atoms with Crippen LogP contribution in [0.15, 0.2) is 24.3 Å². The molecule has 0 radical (unpaired) electrons. The van der Waals surface area contributed by atoms with Crippen LogP contribution in [0.5, 0.6) is 5.75 Å². The quantitative estimate of drug-likeness (QED) is 0.771. The zero-order valence-corrected chi connectivity index (χ0v) is 12.8. The van der Waals surface area contributed by atoms with E-state index in [1.165, 1.54) is 0 Å². The summed E-state index contributed by atoms with van der Waals surface area (Å²) < 4.78 is 5.52. The van der Waals surface area contributed by atoms with Gasteiger partial charge in [0.05, 0.1) is 13.0 Å². The average Bonchev–Trinajstić information content (AvgIpc) is 2.39. The van der Waals surface area contributed by atoms with Gasteiger partial charge in [-0.25, -0.2) is 4.79 Å². The number of aliphatic carboxylic acids is 1. The van der Waals surface area contributed by atoms with Gasteiger partial charge in [0.2, 0.25) is 5.91 Å². The fraction of sp³-hybridized carbons (Fsp3) is 0.500. The number of benzene rings is 1. The van der Waals surface area contributed by atoms with Crippen molar-refractivity contribution in [2.75, 3.05) is 6.61 Å². The van der Waals surface area contributed by atoms with Gasteiger partial charge < -0.3 is 15.2 Å². The van der Waals surface area contributed by atoms with E-state index in [9.17, 15) is 9.59 Å². The van der Waals surface area contributed by atoms with Crippen LogP contribution in [-0.2, 0) is 9.59 Å². The monoisotopic (exact) mass is 293 g/mol. The molecule has 0 aromatic heterocycles. The lowest BCUT2D eigenvalue weighted by Gasteiger charge is -2.16. The standard InChI is InChI=1S/C16H23NO4/c1-11(2)10-13(16(19)20)17-15(18)8-9-21-14-7-5-4-6-12(14)3/h4-7,11,13H,8-10H2,1-3H3,(H,17,18)(H,19,20)/t13-/m1/s1. The lowest BCUT2D eigenvalue weighted by molar-refractivity contribution is -0.142. The summed E-state index contributed by atoms with van der Waals surface area (Å²) in [7, 11) is 0. The number of hydrogen-bond donors (Lipinski definition) is 2. The molecule has 5 heteroatoms. The lowest BCUT2D eigenvalue weighted by Crippen LogP contribution is -2.42. The predicted octanol–water partition coefficient (Wildman–Crippen LogP) is 2.38. The third kappa shape index (κ3) is 6.29. The maximum absolute atomic E-state index is 11.8. The summed E-state index contributed by atoms with van der Waals surface area (Å²) in [5, 5.41) is 11.6. The van der Waals surface area contributed by atoms with Crippen molar-refractivity contribution >= 4 is 11.9 Å². The molecule has 0 saturated heterocycles. The van der Waals surface area contributed by atoms with Crippen molar-refractivity contribution in [1.82, 2.24) is 5.32 Å². The van der Waals surface area contributed by atoms with Gasteiger partial charge >= 0.3 is 5.97 Å². The second-order valence-electron chi connectivity index (χ2n) is 5.45. The summed E-state index contributed by atoms with van der Waals surface area (Å²) in [4.78, 5) is 22.8. The normalized spacial score (nSPS) is 12.0. The summed E-state index contributed by atoms with van der Waals surface area (Å²) >= 11 is 0. The van der Waals surface area contributed by atoms with E-state index in [4.69, 9.17) is 9.84 Å². The number of para-hydroxylation sites is 1. The van der Waals surface area contributed by atoms with Gasteiger partial charge in [-0.05, 0) is 30.9 Å². The minimum Gasteiger partial charge on any atom is -0.493 e. The molecule has 21 heavy (non-hydrogen) atoms. The molecule has 0 fully saturated rings. The smallest absolute Gasteiger partial charge is 0.326 e. The molecule has 1 rings (SSSR count). The first-order valence-electron chi connectivity index (χ1n) is 7.10. The topological polar surface area (TPSA) is 75.6 Å². The minimum absolute atomic E-state index is 0.135. The van der Waals surface area contributed by atoms with Gasteiger partial charge in [0.1, 0.15) is 11.8 Å². The van der Waals surface area contributed by atoms with Gasteiger partial charge in [0, 0.05) is 0 Å². The number of carboxylic acids is 1. The van der Waals surface area contributed by atoms with Gasteiger partial charge in [-0.3, -0.25) is 4.79 Å².